The molecule has 3 rings (SSSR count). The van der Waals surface area contributed by atoms with Gasteiger partial charge in [-0.2, -0.15) is 0 Å². The second-order valence-corrected chi connectivity index (χ2v) is 7.73. The Bertz CT molecular complexity index is 821. The smallest absolute Gasteiger partial charge is 0.175 e. The lowest BCUT2D eigenvalue weighted by Gasteiger charge is -2.07. The third-order valence-corrected chi connectivity index (χ3v) is 5.36. The summed E-state index contributed by atoms with van der Waals surface area (Å²) in [4.78, 5) is 2.35. The molecule has 2 aromatic rings. The molecule has 1 aliphatic rings. The highest BCUT2D eigenvalue weighted by Crippen LogP contribution is 2.39. The van der Waals surface area contributed by atoms with E-state index in [1.54, 1.807) is 36.0 Å². The number of rotatable bonds is 1. The van der Waals surface area contributed by atoms with Gasteiger partial charge in [0.15, 0.2) is 9.84 Å². The number of hydrogen-bond acceptors (Lipinski definition) is 4. The normalized spacial score (nSPS) is 13.4. The van der Waals surface area contributed by atoms with Gasteiger partial charge in [0.1, 0.15) is 5.75 Å². The van der Waals surface area contributed by atoms with Gasteiger partial charge in [-0.3, -0.25) is 0 Å². The quantitative estimate of drug-likeness (QED) is 0.748. The van der Waals surface area contributed by atoms with Crippen LogP contribution >= 0.6 is 11.8 Å². The molecule has 5 heteroatoms. The maximum atomic E-state index is 11.6. The third-order valence-electron chi connectivity index (χ3n) is 3.07. The van der Waals surface area contributed by atoms with Crippen molar-refractivity contribution in [2.45, 2.75) is 14.7 Å². The topological polar surface area (TPSA) is 54.4 Å². The van der Waals surface area contributed by atoms with E-state index >= 15 is 0 Å². The summed E-state index contributed by atoms with van der Waals surface area (Å²) in [7, 11) is -3.21. The minimum absolute atomic E-state index is 0.219. The van der Waals surface area contributed by atoms with Gasteiger partial charge in [0.25, 0.3) is 0 Å². The molecule has 0 atom stereocenters. The Hall–Kier alpha value is -1.72. The van der Waals surface area contributed by atoms with Crippen LogP contribution < -0.4 is 0 Å². The Balaban J connectivity index is 2.13. The van der Waals surface area contributed by atoms with E-state index in [0.29, 0.717) is 4.90 Å². The van der Waals surface area contributed by atoms with Gasteiger partial charge in [-0.1, -0.05) is 23.9 Å². The highest BCUT2D eigenvalue weighted by Gasteiger charge is 2.14. The fourth-order valence-corrected chi connectivity index (χ4v) is 3.69. The third kappa shape index (κ3) is 2.46. The zero-order valence-corrected chi connectivity index (χ0v) is 12.3. The molecule has 1 heterocycles. The van der Waals surface area contributed by atoms with Crippen molar-refractivity contribution >= 4 is 33.8 Å². The molecule has 2 aromatic carbocycles. The summed E-state index contributed by atoms with van der Waals surface area (Å²) in [6.07, 6.45) is 4.97. The lowest BCUT2D eigenvalue weighted by atomic mass is 10.1. The van der Waals surface area contributed by atoms with Crippen molar-refractivity contribution < 1.29 is 13.5 Å². The van der Waals surface area contributed by atoms with Gasteiger partial charge in [0, 0.05) is 16.0 Å². The predicted molar refractivity (Wildman–Crippen MR) is 80.7 cm³/mol. The first-order chi connectivity index (χ1) is 9.43. The minimum Gasteiger partial charge on any atom is -0.508 e. The molecular weight excluding hydrogens is 292 g/mol. The average molecular weight is 304 g/mol. The van der Waals surface area contributed by atoms with Crippen LogP contribution in [0.15, 0.2) is 51.1 Å². The zero-order valence-electron chi connectivity index (χ0n) is 10.7. The van der Waals surface area contributed by atoms with Crippen molar-refractivity contribution in [2.24, 2.45) is 0 Å². The zero-order chi connectivity index (χ0) is 14.3. The molecule has 1 aliphatic heterocycles. The SMILES string of the molecule is CS(=O)(=O)c1ccc2c(c1)C=Cc1cc(O)ccc1S2. The van der Waals surface area contributed by atoms with Gasteiger partial charge in [-0.15, -0.1) is 0 Å². The van der Waals surface area contributed by atoms with E-state index in [1.807, 2.05) is 24.3 Å². The van der Waals surface area contributed by atoms with Gasteiger partial charge >= 0.3 is 0 Å². The minimum atomic E-state index is -3.21. The molecule has 3 nitrogen and oxygen atoms in total. The fourth-order valence-electron chi connectivity index (χ4n) is 2.04. The van der Waals surface area contributed by atoms with E-state index in [4.69, 9.17) is 0 Å². The van der Waals surface area contributed by atoms with Gasteiger partial charge in [0.2, 0.25) is 0 Å². The molecule has 0 aromatic heterocycles. The fraction of sp³-hybridized carbons (Fsp3) is 0.0667. The molecule has 0 amide bonds. The molecule has 0 spiro atoms. The summed E-state index contributed by atoms with van der Waals surface area (Å²) in [5, 5.41) is 9.53. The van der Waals surface area contributed by atoms with Crippen LogP contribution in [0.5, 0.6) is 5.75 Å². The van der Waals surface area contributed by atoms with E-state index in [2.05, 4.69) is 0 Å². The van der Waals surface area contributed by atoms with Crippen LogP contribution in [0.1, 0.15) is 11.1 Å². The molecule has 0 saturated heterocycles. The van der Waals surface area contributed by atoms with Crippen LogP contribution in [-0.4, -0.2) is 19.8 Å². The van der Waals surface area contributed by atoms with Crippen molar-refractivity contribution in [2.75, 3.05) is 6.26 Å². The second kappa shape index (κ2) is 4.68. The number of hydrogen-bond donors (Lipinski definition) is 1. The van der Waals surface area contributed by atoms with Gasteiger partial charge < -0.3 is 5.11 Å². The Morgan fingerprint density at radius 2 is 1.55 bits per heavy atom. The van der Waals surface area contributed by atoms with E-state index in [1.165, 1.54) is 6.26 Å². The monoisotopic (exact) mass is 304 g/mol. The maximum Gasteiger partial charge on any atom is 0.175 e. The first-order valence-corrected chi connectivity index (χ1v) is 8.67. The Morgan fingerprint density at radius 3 is 2.20 bits per heavy atom. The molecule has 0 saturated carbocycles. The summed E-state index contributed by atoms with van der Waals surface area (Å²) < 4.78 is 23.2. The maximum absolute atomic E-state index is 11.6. The number of fused-ring (bicyclic) bond motifs is 2. The van der Waals surface area contributed by atoms with E-state index < -0.39 is 9.84 Å². The van der Waals surface area contributed by atoms with Crippen molar-refractivity contribution in [1.29, 1.82) is 0 Å². The molecule has 102 valence electrons. The summed E-state index contributed by atoms with van der Waals surface area (Å²) in [6.45, 7) is 0. The van der Waals surface area contributed by atoms with Crippen LogP contribution in [0, 0.1) is 0 Å². The standard InChI is InChI=1S/C15H12O3S2/c1-20(17,18)13-5-7-15-11(9-13)3-2-10-8-12(16)4-6-14(10)19-15/h2-9,16H,1H3. The number of phenolic OH excluding ortho intramolecular Hbond substituents is 1. The van der Waals surface area contributed by atoms with E-state index in [0.717, 1.165) is 20.9 Å². The number of phenols is 1. The van der Waals surface area contributed by atoms with Crippen LogP contribution in [0.25, 0.3) is 12.2 Å². The number of sulfone groups is 1. The molecule has 0 unspecified atom stereocenters. The molecule has 0 fully saturated rings. The second-order valence-electron chi connectivity index (χ2n) is 4.63. The van der Waals surface area contributed by atoms with Crippen molar-refractivity contribution in [3.05, 3.63) is 47.5 Å². The number of aromatic hydroxyl groups is 1. The molecule has 0 aliphatic carbocycles. The summed E-state index contributed by atoms with van der Waals surface area (Å²) in [5.41, 5.74) is 1.79. The van der Waals surface area contributed by atoms with Crippen LogP contribution in [0.3, 0.4) is 0 Å². The van der Waals surface area contributed by atoms with Gasteiger partial charge in [0.05, 0.1) is 4.90 Å². The number of benzene rings is 2. The van der Waals surface area contributed by atoms with E-state index in [9.17, 15) is 13.5 Å². The first kappa shape index (κ1) is 13.3. The first-order valence-electron chi connectivity index (χ1n) is 5.96. The summed E-state index contributed by atoms with van der Waals surface area (Å²) >= 11 is 1.56. The predicted octanol–water partition coefficient (Wildman–Crippen LogP) is 3.43. The Kier molecular flexibility index (Phi) is 3.11. The molecule has 20 heavy (non-hydrogen) atoms. The summed E-state index contributed by atoms with van der Waals surface area (Å²) in [5.74, 6) is 0.219. The molecule has 0 bridgehead atoms. The lowest BCUT2D eigenvalue weighted by molar-refractivity contribution is 0.474. The van der Waals surface area contributed by atoms with Gasteiger partial charge in [-0.05, 0) is 47.5 Å². The van der Waals surface area contributed by atoms with Gasteiger partial charge in [-0.25, -0.2) is 8.42 Å². The summed E-state index contributed by atoms with van der Waals surface area (Å²) in [6, 6.07) is 10.3. The Labute approximate surface area is 121 Å². The molecule has 0 radical (unpaired) electrons. The van der Waals surface area contributed by atoms with Crippen LogP contribution in [0.4, 0.5) is 0 Å². The van der Waals surface area contributed by atoms with Crippen molar-refractivity contribution in [3.8, 4) is 5.75 Å². The van der Waals surface area contributed by atoms with E-state index in [-0.39, 0.29) is 5.75 Å². The van der Waals surface area contributed by atoms with Crippen LogP contribution in [-0.2, 0) is 9.84 Å². The molecular formula is C15H12O3S2. The Morgan fingerprint density at radius 1 is 0.950 bits per heavy atom. The highest BCUT2D eigenvalue weighted by atomic mass is 32.2. The largest absolute Gasteiger partial charge is 0.508 e. The van der Waals surface area contributed by atoms with Crippen LogP contribution in [0.2, 0.25) is 0 Å². The van der Waals surface area contributed by atoms with Crippen molar-refractivity contribution in [3.63, 3.8) is 0 Å². The molecule has 1 N–H and O–H groups in total. The average Bonchev–Trinajstić information content (AvgIpc) is 2.56. The highest BCUT2D eigenvalue weighted by molar-refractivity contribution is 7.99. The lowest BCUT2D eigenvalue weighted by Crippen LogP contribution is -1.97. The van der Waals surface area contributed by atoms with Crippen molar-refractivity contribution in [1.82, 2.24) is 0 Å².